The van der Waals surface area contributed by atoms with Crippen LogP contribution in [0.3, 0.4) is 0 Å². The lowest BCUT2D eigenvalue weighted by molar-refractivity contribution is 0.0646. The van der Waals surface area contributed by atoms with Gasteiger partial charge < -0.3 is 19.3 Å². The molecule has 24 heavy (non-hydrogen) atoms. The van der Waals surface area contributed by atoms with Gasteiger partial charge in [-0.1, -0.05) is 6.92 Å². The molecular weight excluding hydrogens is 304 g/mol. The maximum Gasteiger partial charge on any atom is 0.253 e. The lowest BCUT2D eigenvalue weighted by Gasteiger charge is -2.36. The molecule has 0 aliphatic carbocycles. The summed E-state index contributed by atoms with van der Waals surface area (Å²) in [5.41, 5.74) is 0.655. The number of piperidine rings is 1. The smallest absolute Gasteiger partial charge is 0.253 e. The van der Waals surface area contributed by atoms with Crippen LogP contribution < -0.4 is 9.47 Å². The molecule has 2 rings (SSSR count). The predicted molar refractivity (Wildman–Crippen MR) is 96.0 cm³/mol. The number of amides is 1. The Kier molecular flexibility index (Phi) is 6.91. The quantitative estimate of drug-likeness (QED) is 0.769. The predicted octanol–water partition coefficient (Wildman–Crippen LogP) is 3.04. The number of benzene rings is 1. The van der Waals surface area contributed by atoms with Gasteiger partial charge in [-0.3, -0.25) is 4.79 Å². The zero-order valence-corrected chi connectivity index (χ0v) is 15.4. The molecule has 0 saturated carbocycles. The number of nitrogens with zero attached hydrogens (tertiary/aromatic N) is 2. The van der Waals surface area contributed by atoms with Gasteiger partial charge in [0.1, 0.15) is 0 Å². The number of rotatable bonds is 7. The van der Waals surface area contributed by atoms with Crippen molar-refractivity contribution in [3.05, 3.63) is 23.8 Å². The molecule has 1 aliphatic rings. The molecule has 0 bridgehead atoms. The Bertz CT molecular complexity index is 539. The average Bonchev–Trinajstić information content (AvgIpc) is 2.62. The third-order valence-corrected chi connectivity index (χ3v) is 4.66. The van der Waals surface area contributed by atoms with Gasteiger partial charge in [-0.15, -0.1) is 0 Å². The van der Waals surface area contributed by atoms with E-state index in [2.05, 4.69) is 11.8 Å². The number of hydrogen-bond acceptors (Lipinski definition) is 4. The van der Waals surface area contributed by atoms with Crippen LogP contribution in [0.4, 0.5) is 0 Å². The Hall–Kier alpha value is -1.75. The highest BCUT2D eigenvalue weighted by atomic mass is 16.5. The van der Waals surface area contributed by atoms with Crippen LogP contribution in [0, 0.1) is 0 Å². The van der Waals surface area contributed by atoms with Gasteiger partial charge in [0.05, 0.1) is 13.2 Å². The van der Waals surface area contributed by atoms with Gasteiger partial charge in [-0.2, -0.15) is 0 Å². The fourth-order valence-electron chi connectivity index (χ4n) is 3.18. The van der Waals surface area contributed by atoms with Crippen molar-refractivity contribution in [1.82, 2.24) is 9.80 Å². The maximum absolute atomic E-state index is 12.8. The SMILES string of the molecule is CCOc1ccc(C(=O)N(C)C2CCN(CC)CC2)cc1OCC. The summed E-state index contributed by atoms with van der Waals surface area (Å²) in [4.78, 5) is 17.2. The number of carbonyl (C=O) groups excluding carboxylic acids is 1. The highest BCUT2D eigenvalue weighted by Gasteiger charge is 2.26. The van der Waals surface area contributed by atoms with E-state index in [0.717, 1.165) is 32.5 Å². The Morgan fingerprint density at radius 2 is 1.75 bits per heavy atom. The summed E-state index contributed by atoms with van der Waals surface area (Å²) >= 11 is 0. The molecule has 5 heteroatoms. The van der Waals surface area contributed by atoms with Crippen LogP contribution in [-0.2, 0) is 0 Å². The van der Waals surface area contributed by atoms with Crippen LogP contribution in [0.1, 0.15) is 44.0 Å². The summed E-state index contributed by atoms with van der Waals surface area (Å²) in [6.07, 6.45) is 2.07. The van der Waals surface area contributed by atoms with E-state index < -0.39 is 0 Å². The molecule has 0 aromatic heterocycles. The van der Waals surface area contributed by atoms with Crippen LogP contribution in [0.25, 0.3) is 0 Å². The molecule has 0 radical (unpaired) electrons. The minimum Gasteiger partial charge on any atom is -0.490 e. The first-order chi connectivity index (χ1) is 11.6. The first kappa shape index (κ1) is 18.6. The molecule has 1 heterocycles. The largest absolute Gasteiger partial charge is 0.490 e. The van der Waals surface area contributed by atoms with Crippen molar-refractivity contribution < 1.29 is 14.3 Å². The van der Waals surface area contributed by atoms with Gasteiger partial charge in [0.25, 0.3) is 5.91 Å². The van der Waals surface area contributed by atoms with E-state index in [1.54, 1.807) is 6.07 Å². The van der Waals surface area contributed by atoms with E-state index >= 15 is 0 Å². The number of likely N-dealkylation sites (tertiary alicyclic amines) is 1. The molecule has 1 aromatic carbocycles. The van der Waals surface area contributed by atoms with E-state index in [1.165, 1.54) is 0 Å². The lowest BCUT2D eigenvalue weighted by Crippen LogP contribution is -2.45. The van der Waals surface area contributed by atoms with Crippen LogP contribution in [0.2, 0.25) is 0 Å². The molecule has 0 N–H and O–H groups in total. The zero-order valence-electron chi connectivity index (χ0n) is 15.4. The van der Waals surface area contributed by atoms with Gasteiger partial charge in [0.15, 0.2) is 11.5 Å². The fourth-order valence-corrected chi connectivity index (χ4v) is 3.18. The second-order valence-corrected chi connectivity index (χ2v) is 6.11. The Morgan fingerprint density at radius 1 is 1.12 bits per heavy atom. The van der Waals surface area contributed by atoms with Crippen molar-refractivity contribution in [2.24, 2.45) is 0 Å². The van der Waals surface area contributed by atoms with Gasteiger partial charge in [-0.05, 0) is 51.4 Å². The summed E-state index contributed by atoms with van der Waals surface area (Å²) in [6, 6.07) is 5.76. The summed E-state index contributed by atoms with van der Waals surface area (Å²) in [7, 11) is 1.91. The summed E-state index contributed by atoms with van der Waals surface area (Å²) < 4.78 is 11.2. The van der Waals surface area contributed by atoms with Crippen LogP contribution >= 0.6 is 0 Å². The molecule has 1 aromatic rings. The van der Waals surface area contributed by atoms with E-state index in [4.69, 9.17) is 9.47 Å². The first-order valence-electron chi connectivity index (χ1n) is 8.99. The highest BCUT2D eigenvalue weighted by molar-refractivity contribution is 5.95. The van der Waals surface area contributed by atoms with Crippen LogP contribution in [0.5, 0.6) is 11.5 Å². The van der Waals surface area contributed by atoms with Crippen LogP contribution in [0.15, 0.2) is 18.2 Å². The van der Waals surface area contributed by atoms with Gasteiger partial charge in [-0.25, -0.2) is 0 Å². The average molecular weight is 334 g/mol. The number of hydrogen-bond donors (Lipinski definition) is 0. The van der Waals surface area contributed by atoms with Crippen molar-refractivity contribution in [2.45, 2.75) is 39.7 Å². The van der Waals surface area contributed by atoms with Crippen molar-refractivity contribution in [1.29, 1.82) is 0 Å². The zero-order chi connectivity index (χ0) is 17.5. The maximum atomic E-state index is 12.8. The van der Waals surface area contributed by atoms with Crippen molar-refractivity contribution in [3.63, 3.8) is 0 Å². The molecule has 1 saturated heterocycles. The Morgan fingerprint density at radius 3 is 2.33 bits per heavy atom. The third kappa shape index (κ3) is 4.41. The van der Waals surface area contributed by atoms with E-state index in [9.17, 15) is 4.79 Å². The number of carbonyl (C=O) groups is 1. The summed E-state index contributed by atoms with van der Waals surface area (Å²) in [5.74, 6) is 1.38. The van der Waals surface area contributed by atoms with Gasteiger partial charge in [0, 0.05) is 31.7 Å². The molecular formula is C19H30N2O3. The monoisotopic (exact) mass is 334 g/mol. The topological polar surface area (TPSA) is 42.0 Å². The normalized spacial score (nSPS) is 16.0. The molecule has 1 amide bonds. The van der Waals surface area contributed by atoms with Gasteiger partial charge >= 0.3 is 0 Å². The third-order valence-electron chi connectivity index (χ3n) is 4.66. The van der Waals surface area contributed by atoms with E-state index in [0.29, 0.717) is 36.3 Å². The minimum absolute atomic E-state index is 0.0500. The lowest BCUT2D eigenvalue weighted by atomic mass is 10.0. The second kappa shape index (κ2) is 8.92. The minimum atomic E-state index is 0.0500. The summed E-state index contributed by atoms with van der Waals surface area (Å²) in [6.45, 7) is 10.4. The van der Waals surface area contributed by atoms with Crippen LogP contribution in [-0.4, -0.2) is 61.6 Å². The molecule has 134 valence electrons. The van der Waals surface area contributed by atoms with Crippen molar-refractivity contribution >= 4 is 5.91 Å². The molecule has 0 atom stereocenters. The second-order valence-electron chi connectivity index (χ2n) is 6.11. The number of ether oxygens (including phenoxy) is 2. The Labute approximate surface area is 145 Å². The van der Waals surface area contributed by atoms with E-state index in [-0.39, 0.29) is 5.91 Å². The molecule has 5 nitrogen and oxygen atoms in total. The Balaban J connectivity index is 2.09. The molecule has 0 spiro atoms. The fraction of sp³-hybridized carbons (Fsp3) is 0.632. The summed E-state index contributed by atoms with van der Waals surface area (Å²) in [5, 5.41) is 0. The van der Waals surface area contributed by atoms with Crippen molar-refractivity contribution in [3.8, 4) is 11.5 Å². The first-order valence-corrected chi connectivity index (χ1v) is 8.99. The standard InChI is InChI=1S/C19H30N2O3/c1-5-21-12-10-16(11-13-21)20(4)19(22)15-8-9-17(23-6-2)18(14-15)24-7-3/h8-9,14,16H,5-7,10-13H2,1-4H3. The van der Waals surface area contributed by atoms with Gasteiger partial charge in [0.2, 0.25) is 0 Å². The van der Waals surface area contributed by atoms with Crippen molar-refractivity contribution in [2.75, 3.05) is 39.9 Å². The molecule has 1 aliphatic heterocycles. The molecule has 1 fully saturated rings. The molecule has 0 unspecified atom stereocenters. The highest BCUT2D eigenvalue weighted by Crippen LogP contribution is 2.29. The van der Waals surface area contributed by atoms with E-state index in [1.807, 2.05) is 37.9 Å².